The van der Waals surface area contributed by atoms with Crippen LogP contribution in [0.15, 0.2) is 54.6 Å². The summed E-state index contributed by atoms with van der Waals surface area (Å²) in [7, 11) is 0. The lowest BCUT2D eigenvalue weighted by molar-refractivity contribution is -0.125. The zero-order valence-corrected chi connectivity index (χ0v) is 18.5. The van der Waals surface area contributed by atoms with Crippen LogP contribution in [-0.2, 0) is 16.0 Å². The van der Waals surface area contributed by atoms with E-state index in [4.69, 9.17) is 4.74 Å². The SMILES string of the molecule is CCN(CC)C(CNC(=O)CCC(=O)N1CCOc2ccccc21)Cc1ccccc1. The fraction of sp³-hybridized carbons (Fsp3) is 0.440. The normalized spacial score (nSPS) is 14.0. The Morgan fingerprint density at radius 1 is 1.03 bits per heavy atom. The first-order valence-corrected chi connectivity index (χ1v) is 11.2. The lowest BCUT2D eigenvalue weighted by Gasteiger charge is -2.30. The van der Waals surface area contributed by atoms with Crippen molar-refractivity contribution < 1.29 is 14.3 Å². The molecule has 1 unspecified atom stereocenters. The van der Waals surface area contributed by atoms with E-state index in [1.54, 1.807) is 4.90 Å². The van der Waals surface area contributed by atoms with Crippen molar-refractivity contribution in [1.82, 2.24) is 10.2 Å². The molecule has 0 fully saturated rings. The predicted octanol–water partition coefficient (Wildman–Crippen LogP) is 3.26. The van der Waals surface area contributed by atoms with Gasteiger partial charge in [0.25, 0.3) is 0 Å². The summed E-state index contributed by atoms with van der Waals surface area (Å²) >= 11 is 0. The minimum Gasteiger partial charge on any atom is -0.490 e. The number of ether oxygens (including phenoxy) is 1. The summed E-state index contributed by atoms with van der Waals surface area (Å²) in [6.45, 7) is 7.70. The van der Waals surface area contributed by atoms with Crippen molar-refractivity contribution in [2.75, 3.05) is 37.7 Å². The lowest BCUT2D eigenvalue weighted by atomic mass is 10.0. The fourth-order valence-corrected chi connectivity index (χ4v) is 4.06. The highest BCUT2D eigenvalue weighted by atomic mass is 16.5. The zero-order chi connectivity index (χ0) is 22.1. The molecule has 0 aromatic heterocycles. The number of para-hydroxylation sites is 2. The molecule has 0 aliphatic carbocycles. The number of carbonyl (C=O) groups excluding carboxylic acids is 2. The Bertz CT molecular complexity index is 852. The van der Waals surface area contributed by atoms with Gasteiger partial charge in [-0.2, -0.15) is 0 Å². The number of fused-ring (bicyclic) bond motifs is 1. The number of hydrogen-bond acceptors (Lipinski definition) is 4. The molecule has 1 atom stereocenters. The molecule has 2 aromatic rings. The Balaban J connectivity index is 1.51. The largest absolute Gasteiger partial charge is 0.490 e. The molecule has 0 bridgehead atoms. The molecule has 6 nitrogen and oxygen atoms in total. The minimum absolute atomic E-state index is 0.0459. The fourth-order valence-electron chi connectivity index (χ4n) is 4.06. The van der Waals surface area contributed by atoms with Crippen molar-refractivity contribution in [1.29, 1.82) is 0 Å². The van der Waals surface area contributed by atoms with E-state index in [9.17, 15) is 9.59 Å². The highest BCUT2D eigenvalue weighted by molar-refractivity contribution is 5.97. The van der Waals surface area contributed by atoms with Crippen molar-refractivity contribution >= 4 is 17.5 Å². The highest BCUT2D eigenvalue weighted by Gasteiger charge is 2.24. The van der Waals surface area contributed by atoms with Crippen molar-refractivity contribution in [3.63, 3.8) is 0 Å². The Morgan fingerprint density at radius 3 is 2.48 bits per heavy atom. The molecule has 0 radical (unpaired) electrons. The summed E-state index contributed by atoms with van der Waals surface area (Å²) < 4.78 is 5.61. The quantitative estimate of drug-likeness (QED) is 0.637. The molecule has 0 saturated heterocycles. The van der Waals surface area contributed by atoms with Crippen molar-refractivity contribution in [2.45, 2.75) is 39.2 Å². The summed E-state index contributed by atoms with van der Waals surface area (Å²) in [5, 5.41) is 3.05. The van der Waals surface area contributed by atoms with Gasteiger partial charge in [-0.1, -0.05) is 56.3 Å². The van der Waals surface area contributed by atoms with Gasteiger partial charge in [0.05, 0.1) is 12.2 Å². The topological polar surface area (TPSA) is 61.9 Å². The Morgan fingerprint density at radius 2 is 1.74 bits per heavy atom. The van der Waals surface area contributed by atoms with Crippen LogP contribution >= 0.6 is 0 Å². The maximum Gasteiger partial charge on any atom is 0.227 e. The number of nitrogens with one attached hydrogen (secondary N) is 1. The van der Waals surface area contributed by atoms with E-state index in [1.807, 2.05) is 42.5 Å². The summed E-state index contributed by atoms with van der Waals surface area (Å²) in [4.78, 5) is 29.3. The maximum absolute atomic E-state index is 12.7. The van der Waals surface area contributed by atoms with Gasteiger partial charge in [0.1, 0.15) is 12.4 Å². The van der Waals surface area contributed by atoms with E-state index in [2.05, 4.69) is 36.2 Å². The van der Waals surface area contributed by atoms with Crippen LogP contribution in [0.5, 0.6) is 5.75 Å². The average molecular weight is 424 g/mol. The Hall–Kier alpha value is -2.86. The van der Waals surface area contributed by atoms with Gasteiger partial charge in [0.15, 0.2) is 0 Å². The molecule has 31 heavy (non-hydrogen) atoms. The van der Waals surface area contributed by atoms with Crippen LogP contribution in [0, 0.1) is 0 Å². The van der Waals surface area contributed by atoms with Crippen LogP contribution in [0.25, 0.3) is 0 Å². The number of carbonyl (C=O) groups is 2. The third-order valence-electron chi connectivity index (χ3n) is 5.77. The average Bonchev–Trinajstić information content (AvgIpc) is 2.81. The highest BCUT2D eigenvalue weighted by Crippen LogP contribution is 2.31. The Labute approximate surface area is 185 Å². The standard InChI is InChI=1S/C25H33N3O3/c1-3-27(4-2)21(18-20-10-6-5-7-11-20)19-26-24(29)14-15-25(30)28-16-17-31-23-13-9-8-12-22(23)28/h5-13,21H,3-4,14-19H2,1-2H3,(H,26,29). The van der Waals surface area contributed by atoms with Crippen LogP contribution in [0.2, 0.25) is 0 Å². The van der Waals surface area contributed by atoms with Crippen LogP contribution in [0.3, 0.4) is 0 Å². The number of likely N-dealkylation sites (N-methyl/N-ethyl adjacent to an activating group) is 1. The summed E-state index contributed by atoms with van der Waals surface area (Å²) in [5.41, 5.74) is 2.04. The van der Waals surface area contributed by atoms with Gasteiger partial charge in [-0.3, -0.25) is 14.5 Å². The second kappa shape index (κ2) is 11.5. The summed E-state index contributed by atoms with van der Waals surface area (Å²) in [6.07, 6.45) is 1.26. The van der Waals surface area contributed by atoms with Gasteiger partial charge < -0.3 is 15.0 Å². The van der Waals surface area contributed by atoms with Crippen molar-refractivity contribution in [3.8, 4) is 5.75 Å². The molecule has 2 aromatic carbocycles. The second-order valence-electron chi connectivity index (χ2n) is 7.73. The van der Waals surface area contributed by atoms with E-state index >= 15 is 0 Å². The number of benzene rings is 2. The van der Waals surface area contributed by atoms with Crippen molar-refractivity contribution in [2.24, 2.45) is 0 Å². The molecule has 3 rings (SSSR count). The first-order chi connectivity index (χ1) is 15.1. The van der Waals surface area contributed by atoms with Crippen LogP contribution in [-0.4, -0.2) is 55.5 Å². The second-order valence-corrected chi connectivity index (χ2v) is 7.73. The molecule has 1 aliphatic rings. The van der Waals surface area contributed by atoms with Crippen LogP contribution < -0.4 is 15.0 Å². The number of rotatable bonds is 10. The van der Waals surface area contributed by atoms with E-state index < -0.39 is 0 Å². The van der Waals surface area contributed by atoms with Gasteiger partial charge in [0, 0.05) is 25.4 Å². The molecule has 1 aliphatic heterocycles. The monoisotopic (exact) mass is 423 g/mol. The number of anilines is 1. The third-order valence-corrected chi connectivity index (χ3v) is 5.77. The number of hydrogen-bond donors (Lipinski definition) is 1. The maximum atomic E-state index is 12.7. The van der Waals surface area contributed by atoms with E-state index in [1.165, 1.54) is 5.56 Å². The van der Waals surface area contributed by atoms with Gasteiger partial charge in [-0.25, -0.2) is 0 Å². The molecule has 6 heteroatoms. The predicted molar refractivity (Wildman–Crippen MR) is 123 cm³/mol. The van der Waals surface area contributed by atoms with Gasteiger partial charge in [-0.05, 0) is 37.2 Å². The number of nitrogens with zero attached hydrogens (tertiary/aromatic N) is 2. The molecular weight excluding hydrogens is 390 g/mol. The smallest absolute Gasteiger partial charge is 0.227 e. The lowest BCUT2D eigenvalue weighted by Crippen LogP contribution is -2.45. The van der Waals surface area contributed by atoms with E-state index in [0.29, 0.717) is 19.7 Å². The van der Waals surface area contributed by atoms with Crippen LogP contribution in [0.1, 0.15) is 32.3 Å². The van der Waals surface area contributed by atoms with Crippen LogP contribution in [0.4, 0.5) is 5.69 Å². The number of amides is 2. The van der Waals surface area contributed by atoms with Gasteiger partial charge in [0.2, 0.25) is 11.8 Å². The molecule has 166 valence electrons. The molecular formula is C25H33N3O3. The van der Waals surface area contributed by atoms with Gasteiger partial charge in [-0.15, -0.1) is 0 Å². The van der Waals surface area contributed by atoms with Crippen molar-refractivity contribution in [3.05, 3.63) is 60.2 Å². The summed E-state index contributed by atoms with van der Waals surface area (Å²) in [5.74, 6) is 0.588. The minimum atomic E-state index is -0.0832. The first-order valence-electron chi connectivity index (χ1n) is 11.2. The zero-order valence-electron chi connectivity index (χ0n) is 18.5. The molecule has 0 spiro atoms. The molecule has 2 amide bonds. The third kappa shape index (κ3) is 6.31. The van der Waals surface area contributed by atoms with E-state index in [0.717, 1.165) is 30.9 Å². The molecule has 0 saturated carbocycles. The van der Waals surface area contributed by atoms with E-state index in [-0.39, 0.29) is 30.7 Å². The van der Waals surface area contributed by atoms with Gasteiger partial charge >= 0.3 is 0 Å². The molecule has 1 heterocycles. The Kier molecular flexibility index (Phi) is 8.47. The first kappa shape index (κ1) is 22.8. The molecule has 1 N–H and O–H groups in total. The summed E-state index contributed by atoms with van der Waals surface area (Å²) in [6, 6.07) is 18.1.